The number of rotatable bonds is 7. The number of ether oxygens (including phenoxy) is 4. The van der Waals surface area contributed by atoms with Crippen LogP contribution in [-0.4, -0.2) is 60.5 Å². The summed E-state index contributed by atoms with van der Waals surface area (Å²) in [6, 6.07) is 0. The normalized spacial score (nSPS) is 28.8. The first-order valence-electron chi connectivity index (χ1n) is 8.33. The average Bonchev–Trinajstić information content (AvgIpc) is 2.73. The summed E-state index contributed by atoms with van der Waals surface area (Å²) in [5.74, 6) is -4.01. The topological polar surface area (TPSA) is 125 Å². The van der Waals surface area contributed by atoms with E-state index in [1.54, 1.807) is 6.92 Å². The Hall–Kier alpha value is -2.16. The predicted octanol–water partition coefficient (Wildman–Crippen LogP) is 0.219. The molecule has 1 saturated carbocycles. The fraction of sp³-hybridized carbons (Fsp3) is 0.765. The van der Waals surface area contributed by atoms with Gasteiger partial charge in [0.25, 0.3) is 0 Å². The molecule has 4 unspecified atom stereocenters. The van der Waals surface area contributed by atoms with Gasteiger partial charge in [-0.3, -0.25) is 19.2 Å². The third-order valence-electron chi connectivity index (χ3n) is 4.33. The molecule has 0 amide bonds. The summed E-state index contributed by atoms with van der Waals surface area (Å²) in [6.07, 6.45) is -2.77. The van der Waals surface area contributed by atoms with Crippen molar-refractivity contribution in [3.05, 3.63) is 0 Å². The van der Waals surface area contributed by atoms with Gasteiger partial charge < -0.3 is 24.1 Å². The van der Waals surface area contributed by atoms with Gasteiger partial charge in [0.2, 0.25) is 0 Å². The number of aliphatic hydroxyl groups is 1. The Morgan fingerprint density at radius 2 is 1.35 bits per heavy atom. The van der Waals surface area contributed by atoms with E-state index >= 15 is 0 Å². The summed E-state index contributed by atoms with van der Waals surface area (Å²) >= 11 is 0. The largest absolute Gasteiger partial charge is 0.465 e. The van der Waals surface area contributed by atoms with Crippen LogP contribution in [0.4, 0.5) is 0 Å². The lowest BCUT2D eigenvalue weighted by molar-refractivity contribution is -0.162. The summed E-state index contributed by atoms with van der Waals surface area (Å²) in [4.78, 5) is 45.2. The molecule has 0 aliphatic heterocycles. The van der Waals surface area contributed by atoms with Crippen LogP contribution >= 0.6 is 0 Å². The fourth-order valence-electron chi connectivity index (χ4n) is 3.41. The third kappa shape index (κ3) is 5.98. The van der Waals surface area contributed by atoms with Crippen molar-refractivity contribution in [2.24, 2.45) is 17.8 Å². The second-order valence-corrected chi connectivity index (χ2v) is 6.42. The van der Waals surface area contributed by atoms with E-state index in [0.717, 1.165) is 0 Å². The van der Waals surface area contributed by atoms with Crippen LogP contribution in [0.15, 0.2) is 0 Å². The summed E-state index contributed by atoms with van der Waals surface area (Å²) in [5, 5.41) is 10.5. The van der Waals surface area contributed by atoms with Crippen LogP contribution in [0.3, 0.4) is 0 Å². The van der Waals surface area contributed by atoms with Gasteiger partial charge in [-0.25, -0.2) is 0 Å². The fourth-order valence-corrected chi connectivity index (χ4v) is 3.41. The first-order chi connectivity index (χ1) is 12.0. The van der Waals surface area contributed by atoms with Gasteiger partial charge in [-0.05, 0) is 0 Å². The number of carbonyl (C=O) groups is 4. The molecule has 6 atom stereocenters. The first-order valence-corrected chi connectivity index (χ1v) is 8.33. The SMILES string of the molecule is CC(=O)OCC1C(OC(C)=O)[C@@H](C(O)COC(C)=O)C(C)[C@@H]1OC(C)=O. The van der Waals surface area contributed by atoms with Crippen LogP contribution in [0, 0.1) is 17.8 Å². The standard InChI is InChI=1S/C17H26O9/c1-8-15(14(22)7-24-10(3)19)17(26-12(5)21)13(6-23-9(2)18)16(8)25-11(4)20/h8,13-17,22H,6-7H2,1-5H3/t8?,13?,14?,15-,16+,17?/m1/s1. The van der Waals surface area contributed by atoms with E-state index in [-0.39, 0.29) is 13.2 Å². The number of aliphatic hydroxyl groups excluding tert-OH is 1. The lowest BCUT2D eigenvalue weighted by Gasteiger charge is -2.28. The van der Waals surface area contributed by atoms with Gasteiger partial charge in [-0.15, -0.1) is 0 Å². The molecule has 9 heteroatoms. The Kier molecular flexibility index (Phi) is 8.01. The smallest absolute Gasteiger partial charge is 0.302 e. The number of hydrogen-bond donors (Lipinski definition) is 1. The Labute approximate surface area is 151 Å². The highest BCUT2D eigenvalue weighted by atomic mass is 16.6. The summed E-state index contributed by atoms with van der Waals surface area (Å²) in [7, 11) is 0. The molecule has 0 spiro atoms. The maximum Gasteiger partial charge on any atom is 0.302 e. The highest BCUT2D eigenvalue weighted by molar-refractivity contribution is 5.67. The zero-order valence-electron chi connectivity index (χ0n) is 15.6. The van der Waals surface area contributed by atoms with Crippen LogP contribution in [0.5, 0.6) is 0 Å². The maximum atomic E-state index is 11.5. The van der Waals surface area contributed by atoms with E-state index in [9.17, 15) is 24.3 Å². The third-order valence-corrected chi connectivity index (χ3v) is 4.33. The quantitative estimate of drug-likeness (QED) is 0.492. The van der Waals surface area contributed by atoms with E-state index in [2.05, 4.69) is 0 Å². The molecule has 9 nitrogen and oxygen atoms in total. The molecule has 0 radical (unpaired) electrons. The van der Waals surface area contributed by atoms with E-state index in [1.165, 1.54) is 27.7 Å². The lowest BCUT2D eigenvalue weighted by Crippen LogP contribution is -2.40. The Bertz CT molecular complexity index is 544. The Morgan fingerprint density at radius 3 is 1.81 bits per heavy atom. The highest BCUT2D eigenvalue weighted by Crippen LogP contribution is 2.43. The molecule has 0 saturated heterocycles. The molecule has 1 rings (SSSR count). The van der Waals surface area contributed by atoms with Crippen LogP contribution in [0.1, 0.15) is 34.6 Å². The first kappa shape index (κ1) is 21.9. The zero-order chi connectivity index (χ0) is 20.0. The monoisotopic (exact) mass is 374 g/mol. The second-order valence-electron chi connectivity index (χ2n) is 6.42. The van der Waals surface area contributed by atoms with E-state index in [1.807, 2.05) is 0 Å². The maximum absolute atomic E-state index is 11.5. The van der Waals surface area contributed by atoms with Gasteiger partial charge >= 0.3 is 23.9 Å². The highest BCUT2D eigenvalue weighted by Gasteiger charge is 2.55. The molecule has 0 heterocycles. The van der Waals surface area contributed by atoms with Crippen molar-refractivity contribution in [1.82, 2.24) is 0 Å². The van der Waals surface area contributed by atoms with Crippen LogP contribution < -0.4 is 0 Å². The number of carbonyl (C=O) groups excluding carboxylic acids is 4. The van der Waals surface area contributed by atoms with Gasteiger partial charge in [-0.2, -0.15) is 0 Å². The average molecular weight is 374 g/mol. The molecule has 0 aromatic rings. The molecule has 0 aromatic heterocycles. The lowest BCUT2D eigenvalue weighted by atomic mass is 9.90. The molecule has 1 N–H and O–H groups in total. The minimum atomic E-state index is -1.15. The van der Waals surface area contributed by atoms with Crippen molar-refractivity contribution in [2.75, 3.05) is 13.2 Å². The minimum Gasteiger partial charge on any atom is -0.465 e. The minimum absolute atomic E-state index is 0.146. The molecule has 26 heavy (non-hydrogen) atoms. The van der Waals surface area contributed by atoms with Gasteiger partial charge in [0.1, 0.15) is 25.4 Å². The van der Waals surface area contributed by atoms with Gasteiger partial charge in [0, 0.05) is 39.5 Å². The van der Waals surface area contributed by atoms with E-state index in [4.69, 9.17) is 18.9 Å². The van der Waals surface area contributed by atoms with Gasteiger partial charge in [0.05, 0.1) is 12.0 Å². The second kappa shape index (κ2) is 9.51. The van der Waals surface area contributed by atoms with E-state index < -0.39 is 59.9 Å². The summed E-state index contributed by atoms with van der Waals surface area (Å²) in [5.41, 5.74) is 0. The van der Waals surface area contributed by atoms with Crippen LogP contribution in [-0.2, 0) is 38.1 Å². The predicted molar refractivity (Wildman–Crippen MR) is 86.5 cm³/mol. The number of hydrogen-bond acceptors (Lipinski definition) is 9. The molecular formula is C17H26O9. The zero-order valence-corrected chi connectivity index (χ0v) is 15.6. The molecule has 0 aromatic carbocycles. The van der Waals surface area contributed by atoms with Crippen molar-refractivity contribution in [3.63, 3.8) is 0 Å². The molecule has 1 fully saturated rings. The molecule has 1 aliphatic rings. The van der Waals surface area contributed by atoms with Crippen molar-refractivity contribution < 1.29 is 43.2 Å². The van der Waals surface area contributed by atoms with E-state index in [0.29, 0.717) is 0 Å². The molecule has 0 bridgehead atoms. The van der Waals surface area contributed by atoms with Gasteiger partial charge in [0.15, 0.2) is 0 Å². The van der Waals surface area contributed by atoms with Crippen molar-refractivity contribution in [3.8, 4) is 0 Å². The molecular weight excluding hydrogens is 348 g/mol. The molecule has 148 valence electrons. The van der Waals surface area contributed by atoms with Gasteiger partial charge in [-0.1, -0.05) is 6.92 Å². The number of esters is 4. The van der Waals surface area contributed by atoms with Crippen LogP contribution in [0.2, 0.25) is 0 Å². The Balaban J connectivity index is 3.13. The van der Waals surface area contributed by atoms with Crippen molar-refractivity contribution in [2.45, 2.75) is 52.9 Å². The Morgan fingerprint density at radius 1 is 0.846 bits per heavy atom. The molecule has 1 aliphatic carbocycles. The van der Waals surface area contributed by atoms with Crippen LogP contribution in [0.25, 0.3) is 0 Å². The summed E-state index contributed by atoms with van der Waals surface area (Å²) < 4.78 is 20.6. The summed E-state index contributed by atoms with van der Waals surface area (Å²) in [6.45, 7) is 6.16. The van der Waals surface area contributed by atoms with Crippen molar-refractivity contribution in [1.29, 1.82) is 0 Å². The van der Waals surface area contributed by atoms with Crippen molar-refractivity contribution >= 4 is 23.9 Å².